The Morgan fingerprint density at radius 1 is 0.957 bits per heavy atom. The molecule has 0 N–H and O–H groups in total. The van der Waals surface area contributed by atoms with E-state index in [9.17, 15) is 8.42 Å². The van der Waals surface area contributed by atoms with Crippen LogP contribution >= 0.6 is 0 Å². The molecule has 124 valence electrons. The van der Waals surface area contributed by atoms with Gasteiger partial charge in [0.25, 0.3) is 0 Å². The summed E-state index contributed by atoms with van der Waals surface area (Å²) in [7, 11) is -3.95. The lowest BCUT2D eigenvalue weighted by Gasteiger charge is -2.09. The zero-order valence-corrected chi connectivity index (χ0v) is 14.2. The minimum atomic E-state index is -3.95. The zero-order chi connectivity index (χ0) is 16.3. The summed E-state index contributed by atoms with van der Waals surface area (Å²) < 4.78 is 33.3. The summed E-state index contributed by atoms with van der Waals surface area (Å²) >= 11 is 0. The third-order valence-corrected chi connectivity index (χ3v) is 4.98. The monoisotopic (exact) mass is 334 g/mol. The molecule has 0 aliphatic carbocycles. The minimum absolute atomic E-state index is 0.310. The number of aryl methyl sites for hydroxylation is 1. The van der Waals surface area contributed by atoms with Gasteiger partial charge in [-0.05, 0) is 29.7 Å². The standard InChI is InChI=1S/C18H22O4S/c1-2-3-4-5-6-7-12-16-15-11-9-8-10-14(15)13-17-18(16)22-23(19,20)21-17/h8-11,13H,2-7,12H2,1H3. The van der Waals surface area contributed by atoms with Crippen LogP contribution in [0.5, 0.6) is 11.5 Å². The predicted molar refractivity (Wildman–Crippen MR) is 91.2 cm³/mol. The average molecular weight is 334 g/mol. The van der Waals surface area contributed by atoms with Gasteiger partial charge in [-0.15, -0.1) is 8.42 Å². The third kappa shape index (κ3) is 3.61. The fourth-order valence-corrected chi connectivity index (χ4v) is 3.85. The van der Waals surface area contributed by atoms with Crippen molar-refractivity contribution in [3.8, 4) is 11.5 Å². The van der Waals surface area contributed by atoms with Crippen molar-refractivity contribution in [2.75, 3.05) is 0 Å². The highest BCUT2D eigenvalue weighted by atomic mass is 32.3. The highest BCUT2D eigenvalue weighted by Crippen LogP contribution is 2.43. The molecule has 0 aromatic heterocycles. The van der Waals surface area contributed by atoms with Gasteiger partial charge < -0.3 is 8.37 Å². The summed E-state index contributed by atoms with van der Waals surface area (Å²) in [6.07, 6.45) is 7.96. The molecule has 0 saturated carbocycles. The second kappa shape index (κ2) is 6.79. The van der Waals surface area contributed by atoms with E-state index in [1.54, 1.807) is 6.07 Å². The predicted octanol–water partition coefficient (Wildman–Crippen LogP) is 4.76. The van der Waals surface area contributed by atoms with E-state index in [4.69, 9.17) is 8.37 Å². The van der Waals surface area contributed by atoms with Crippen LogP contribution in [0.3, 0.4) is 0 Å². The van der Waals surface area contributed by atoms with Crippen molar-refractivity contribution >= 4 is 21.2 Å². The molecule has 0 amide bonds. The van der Waals surface area contributed by atoms with Crippen molar-refractivity contribution in [2.24, 2.45) is 0 Å². The molecule has 1 aliphatic heterocycles. The van der Waals surface area contributed by atoms with Crippen LogP contribution in [0.25, 0.3) is 10.8 Å². The molecule has 1 heterocycles. The van der Waals surface area contributed by atoms with E-state index in [-0.39, 0.29) is 0 Å². The van der Waals surface area contributed by atoms with Crippen molar-refractivity contribution in [1.29, 1.82) is 0 Å². The maximum absolute atomic E-state index is 11.6. The molecule has 3 rings (SSSR count). The second-order valence-corrected chi connectivity index (χ2v) is 7.15. The summed E-state index contributed by atoms with van der Waals surface area (Å²) in [4.78, 5) is 0. The Labute approximate surface area is 137 Å². The first kappa shape index (κ1) is 16.1. The zero-order valence-electron chi connectivity index (χ0n) is 13.4. The van der Waals surface area contributed by atoms with Crippen molar-refractivity contribution < 1.29 is 16.8 Å². The summed E-state index contributed by atoms with van der Waals surface area (Å²) in [5.41, 5.74) is 0.940. The molecular weight excluding hydrogens is 312 g/mol. The number of unbranched alkanes of at least 4 members (excludes halogenated alkanes) is 5. The maximum atomic E-state index is 11.6. The van der Waals surface area contributed by atoms with E-state index < -0.39 is 10.4 Å². The van der Waals surface area contributed by atoms with Gasteiger partial charge >= 0.3 is 10.4 Å². The molecule has 5 heteroatoms. The number of benzene rings is 2. The highest BCUT2D eigenvalue weighted by molar-refractivity contribution is 7.82. The number of fused-ring (bicyclic) bond motifs is 2. The summed E-state index contributed by atoms with van der Waals surface area (Å²) in [6, 6.07) is 9.61. The van der Waals surface area contributed by atoms with Gasteiger partial charge in [-0.1, -0.05) is 63.3 Å². The van der Waals surface area contributed by atoms with Crippen LogP contribution in [0.2, 0.25) is 0 Å². The summed E-state index contributed by atoms with van der Waals surface area (Å²) in [5.74, 6) is 0.682. The fraction of sp³-hybridized carbons (Fsp3) is 0.444. The lowest BCUT2D eigenvalue weighted by molar-refractivity contribution is 0.435. The van der Waals surface area contributed by atoms with Gasteiger partial charge in [0, 0.05) is 5.56 Å². The first-order valence-electron chi connectivity index (χ1n) is 8.29. The smallest absolute Gasteiger partial charge is 0.349 e. The molecule has 0 radical (unpaired) electrons. The van der Waals surface area contributed by atoms with Gasteiger partial charge in [-0.2, -0.15) is 0 Å². The lowest BCUT2D eigenvalue weighted by atomic mass is 9.97. The molecule has 2 aromatic carbocycles. The molecule has 2 aromatic rings. The average Bonchev–Trinajstić information content (AvgIpc) is 2.83. The molecule has 0 unspecified atom stereocenters. The molecule has 0 bridgehead atoms. The number of hydrogen-bond donors (Lipinski definition) is 0. The molecule has 4 nitrogen and oxygen atoms in total. The van der Waals surface area contributed by atoms with E-state index in [0.29, 0.717) is 11.5 Å². The van der Waals surface area contributed by atoms with Crippen LogP contribution in [-0.2, 0) is 16.8 Å². The molecule has 0 saturated heterocycles. The Morgan fingerprint density at radius 3 is 2.52 bits per heavy atom. The van der Waals surface area contributed by atoms with Crippen molar-refractivity contribution in [3.63, 3.8) is 0 Å². The number of rotatable bonds is 7. The van der Waals surface area contributed by atoms with E-state index in [0.717, 1.165) is 35.6 Å². The Morgan fingerprint density at radius 2 is 1.70 bits per heavy atom. The van der Waals surface area contributed by atoms with Gasteiger partial charge in [0.1, 0.15) is 0 Å². The van der Waals surface area contributed by atoms with Crippen LogP contribution in [0.4, 0.5) is 0 Å². The van der Waals surface area contributed by atoms with Crippen LogP contribution in [-0.4, -0.2) is 8.42 Å². The summed E-state index contributed by atoms with van der Waals surface area (Å²) in [6.45, 7) is 2.21. The van der Waals surface area contributed by atoms with E-state index in [1.165, 1.54) is 25.7 Å². The SMILES string of the molecule is CCCCCCCCc1c2c(cc3ccccc13)OS(=O)(=O)O2. The van der Waals surface area contributed by atoms with Crippen LogP contribution < -0.4 is 8.37 Å². The molecule has 0 fully saturated rings. The van der Waals surface area contributed by atoms with Crippen molar-refractivity contribution in [3.05, 3.63) is 35.9 Å². The first-order chi connectivity index (χ1) is 11.1. The normalized spacial score (nSPS) is 15.2. The molecule has 1 aliphatic rings. The highest BCUT2D eigenvalue weighted by Gasteiger charge is 2.31. The largest absolute Gasteiger partial charge is 0.501 e. The van der Waals surface area contributed by atoms with Gasteiger partial charge in [-0.25, -0.2) is 0 Å². The second-order valence-electron chi connectivity index (χ2n) is 6.00. The van der Waals surface area contributed by atoms with Gasteiger partial charge in [-0.3, -0.25) is 0 Å². The Kier molecular flexibility index (Phi) is 4.76. The quantitative estimate of drug-likeness (QED) is 0.685. The Hall–Kier alpha value is -1.75. The Balaban J connectivity index is 1.83. The van der Waals surface area contributed by atoms with Gasteiger partial charge in [0.05, 0.1) is 0 Å². The minimum Gasteiger partial charge on any atom is -0.349 e. The molecular formula is C18H22O4S. The number of hydrogen-bond acceptors (Lipinski definition) is 4. The van der Waals surface area contributed by atoms with Crippen molar-refractivity contribution in [1.82, 2.24) is 0 Å². The molecule has 23 heavy (non-hydrogen) atoms. The molecule has 0 spiro atoms. The summed E-state index contributed by atoms with van der Waals surface area (Å²) in [5, 5.41) is 2.02. The van der Waals surface area contributed by atoms with Crippen LogP contribution in [0.15, 0.2) is 30.3 Å². The van der Waals surface area contributed by atoms with Gasteiger partial charge in [0.15, 0.2) is 11.5 Å². The van der Waals surface area contributed by atoms with Crippen LogP contribution in [0.1, 0.15) is 51.0 Å². The third-order valence-electron chi connectivity index (χ3n) is 4.23. The van der Waals surface area contributed by atoms with E-state index in [1.807, 2.05) is 24.3 Å². The first-order valence-corrected chi connectivity index (χ1v) is 9.62. The fourth-order valence-electron chi connectivity index (χ4n) is 3.09. The molecule has 0 atom stereocenters. The van der Waals surface area contributed by atoms with Crippen molar-refractivity contribution in [2.45, 2.75) is 51.9 Å². The maximum Gasteiger partial charge on any atom is 0.501 e. The van der Waals surface area contributed by atoms with E-state index in [2.05, 4.69) is 6.92 Å². The van der Waals surface area contributed by atoms with Gasteiger partial charge in [0.2, 0.25) is 0 Å². The lowest BCUT2D eigenvalue weighted by Crippen LogP contribution is -2.08. The topological polar surface area (TPSA) is 52.6 Å². The van der Waals surface area contributed by atoms with Crippen LogP contribution in [0, 0.1) is 0 Å². The Bertz CT molecular complexity index is 796. The van der Waals surface area contributed by atoms with E-state index >= 15 is 0 Å².